The molecule has 1 heterocycles. The molecule has 5 nitrogen and oxygen atoms in total. The molecule has 122 valence electrons. The lowest BCUT2D eigenvalue weighted by molar-refractivity contribution is 0.260. The fourth-order valence-corrected chi connectivity index (χ4v) is 2.90. The molecule has 1 aliphatic heterocycles. The van der Waals surface area contributed by atoms with Crippen LogP contribution in [0.1, 0.15) is 5.56 Å². The third-order valence-corrected chi connectivity index (χ3v) is 4.51. The van der Waals surface area contributed by atoms with Gasteiger partial charge in [-0.2, -0.15) is 0 Å². The number of ether oxygens (including phenoxy) is 3. The molecule has 2 aromatic rings. The number of hydrogen-bond acceptors (Lipinski definition) is 5. The molecule has 0 saturated carbocycles. The van der Waals surface area contributed by atoms with Gasteiger partial charge in [-0.15, -0.1) is 0 Å². The van der Waals surface area contributed by atoms with E-state index in [0.717, 1.165) is 11.8 Å². The predicted molar refractivity (Wildman–Crippen MR) is 85.6 cm³/mol. The average molecular weight is 334 g/mol. The summed E-state index contributed by atoms with van der Waals surface area (Å²) in [4.78, 5) is 0.127. The van der Waals surface area contributed by atoms with Crippen molar-refractivity contribution in [1.29, 1.82) is 0 Å². The zero-order valence-electron chi connectivity index (χ0n) is 12.8. The van der Waals surface area contributed by atoms with Crippen molar-refractivity contribution in [2.45, 2.75) is 17.6 Å². The van der Waals surface area contributed by atoms with Gasteiger partial charge < -0.3 is 14.2 Å². The Morgan fingerprint density at radius 1 is 1.13 bits per heavy atom. The van der Waals surface area contributed by atoms with E-state index in [4.69, 9.17) is 14.2 Å². The first-order valence-corrected chi connectivity index (χ1v) is 9.17. The van der Waals surface area contributed by atoms with Gasteiger partial charge in [0.15, 0.2) is 9.84 Å². The van der Waals surface area contributed by atoms with Crippen LogP contribution in [0.15, 0.2) is 53.4 Å². The Hall–Kier alpha value is -2.05. The van der Waals surface area contributed by atoms with Gasteiger partial charge in [0.05, 0.1) is 6.61 Å². The molecule has 0 amide bonds. The zero-order valence-corrected chi connectivity index (χ0v) is 13.6. The first-order chi connectivity index (χ1) is 11.0. The highest BCUT2D eigenvalue weighted by Crippen LogP contribution is 2.29. The van der Waals surface area contributed by atoms with Gasteiger partial charge in [-0.1, -0.05) is 30.3 Å². The highest BCUT2D eigenvalue weighted by Gasteiger charge is 2.23. The minimum atomic E-state index is -3.42. The molecule has 0 aromatic heterocycles. The van der Waals surface area contributed by atoms with Gasteiger partial charge >= 0.3 is 0 Å². The Kier molecular flexibility index (Phi) is 4.54. The third-order valence-electron chi connectivity index (χ3n) is 3.39. The maximum atomic E-state index is 12.0. The molecular weight excluding hydrogens is 316 g/mol. The van der Waals surface area contributed by atoms with E-state index in [0.29, 0.717) is 31.3 Å². The summed E-state index contributed by atoms with van der Waals surface area (Å²) in [5.41, 5.74) is 0.971. The summed E-state index contributed by atoms with van der Waals surface area (Å²) >= 11 is 0. The Balaban J connectivity index is 1.77. The highest BCUT2D eigenvalue weighted by atomic mass is 32.2. The number of benzene rings is 2. The monoisotopic (exact) mass is 334 g/mol. The van der Waals surface area contributed by atoms with Crippen molar-refractivity contribution >= 4 is 9.84 Å². The molecule has 1 saturated heterocycles. The van der Waals surface area contributed by atoms with E-state index in [1.54, 1.807) is 12.1 Å². The molecule has 6 heteroatoms. The predicted octanol–water partition coefficient (Wildman–Crippen LogP) is 2.45. The second-order valence-corrected chi connectivity index (χ2v) is 7.41. The van der Waals surface area contributed by atoms with Crippen molar-refractivity contribution in [3.8, 4) is 11.5 Å². The molecule has 3 rings (SSSR count). The van der Waals surface area contributed by atoms with E-state index >= 15 is 0 Å². The molecule has 0 radical (unpaired) electrons. The number of epoxide rings is 1. The maximum Gasteiger partial charge on any atom is 0.179 e. The first-order valence-electron chi connectivity index (χ1n) is 7.27. The lowest BCUT2D eigenvalue weighted by Crippen LogP contribution is -2.07. The smallest absolute Gasteiger partial charge is 0.179 e. The van der Waals surface area contributed by atoms with Gasteiger partial charge in [0.2, 0.25) is 0 Å². The molecule has 0 aliphatic carbocycles. The second-order valence-electron chi connectivity index (χ2n) is 5.42. The van der Waals surface area contributed by atoms with E-state index in [9.17, 15) is 8.42 Å². The molecule has 1 aliphatic rings. The number of rotatable bonds is 7. The van der Waals surface area contributed by atoms with Gasteiger partial charge in [-0.05, 0) is 17.7 Å². The summed E-state index contributed by atoms with van der Waals surface area (Å²) in [6.45, 7) is 1.42. The van der Waals surface area contributed by atoms with E-state index in [-0.39, 0.29) is 11.0 Å². The maximum absolute atomic E-state index is 12.0. The third kappa shape index (κ3) is 4.46. The highest BCUT2D eigenvalue weighted by molar-refractivity contribution is 7.90. The molecule has 0 bridgehead atoms. The van der Waals surface area contributed by atoms with E-state index in [1.807, 2.05) is 30.3 Å². The van der Waals surface area contributed by atoms with Gasteiger partial charge in [0.25, 0.3) is 0 Å². The van der Waals surface area contributed by atoms with Crippen LogP contribution in [0.3, 0.4) is 0 Å². The Labute approximate surface area is 135 Å². The molecule has 1 atom stereocenters. The summed E-state index contributed by atoms with van der Waals surface area (Å²) in [5.74, 6) is 0.819. The van der Waals surface area contributed by atoms with Crippen LogP contribution in [0.5, 0.6) is 11.5 Å². The second kappa shape index (κ2) is 6.60. The lowest BCUT2D eigenvalue weighted by atomic mass is 10.2. The average Bonchev–Trinajstić information content (AvgIpc) is 3.36. The van der Waals surface area contributed by atoms with Crippen LogP contribution >= 0.6 is 0 Å². The molecule has 2 aromatic carbocycles. The lowest BCUT2D eigenvalue weighted by Gasteiger charge is -2.12. The summed E-state index contributed by atoms with van der Waals surface area (Å²) in [7, 11) is -3.42. The summed E-state index contributed by atoms with van der Waals surface area (Å²) in [6.07, 6.45) is 1.27. The standard InChI is InChI=1S/C17H18O5S/c1-23(18,19)17-9-14(20-11-15-12-21-15)7-8-16(17)22-10-13-5-3-2-4-6-13/h2-9,15H,10-12H2,1H3/t15-/m1/s1. The minimum absolute atomic E-state index is 0.116. The molecule has 0 N–H and O–H groups in total. The van der Waals surface area contributed by atoms with E-state index in [1.165, 1.54) is 6.07 Å². The Morgan fingerprint density at radius 3 is 2.52 bits per heavy atom. The quantitative estimate of drug-likeness (QED) is 0.728. The SMILES string of the molecule is CS(=O)(=O)c1cc(OC[C@@H]2CO2)ccc1OCc1ccccc1. The van der Waals surface area contributed by atoms with E-state index < -0.39 is 9.84 Å². The molecule has 0 spiro atoms. The molecule has 1 fully saturated rings. The van der Waals surface area contributed by atoms with Gasteiger partial charge in [-0.3, -0.25) is 0 Å². The van der Waals surface area contributed by atoms with Crippen LogP contribution in [-0.2, 0) is 21.2 Å². The van der Waals surface area contributed by atoms with Crippen molar-refractivity contribution in [2.24, 2.45) is 0 Å². The zero-order chi connectivity index (χ0) is 16.3. The van der Waals surface area contributed by atoms with Crippen LogP contribution in [0.25, 0.3) is 0 Å². The summed E-state index contributed by atoms with van der Waals surface area (Å²) in [5, 5.41) is 0. The van der Waals surface area contributed by atoms with Crippen molar-refractivity contribution in [3.05, 3.63) is 54.1 Å². The molecule has 0 unspecified atom stereocenters. The van der Waals surface area contributed by atoms with Crippen molar-refractivity contribution in [1.82, 2.24) is 0 Å². The fourth-order valence-electron chi connectivity index (χ4n) is 2.08. The van der Waals surface area contributed by atoms with Gasteiger partial charge in [0.1, 0.15) is 35.7 Å². The van der Waals surface area contributed by atoms with Crippen molar-refractivity contribution in [3.63, 3.8) is 0 Å². The summed E-state index contributed by atoms with van der Waals surface area (Å²) in [6, 6.07) is 14.4. The van der Waals surface area contributed by atoms with Crippen LogP contribution in [0, 0.1) is 0 Å². The number of sulfone groups is 1. The van der Waals surface area contributed by atoms with Crippen LogP contribution in [0.2, 0.25) is 0 Å². The summed E-state index contributed by atoms with van der Waals surface area (Å²) < 4.78 is 40.3. The van der Waals surface area contributed by atoms with Gasteiger partial charge in [0, 0.05) is 12.3 Å². The molecular formula is C17H18O5S. The number of hydrogen-bond donors (Lipinski definition) is 0. The van der Waals surface area contributed by atoms with Crippen LogP contribution in [0.4, 0.5) is 0 Å². The van der Waals surface area contributed by atoms with Crippen LogP contribution < -0.4 is 9.47 Å². The van der Waals surface area contributed by atoms with Gasteiger partial charge in [-0.25, -0.2) is 8.42 Å². The Morgan fingerprint density at radius 2 is 1.87 bits per heavy atom. The van der Waals surface area contributed by atoms with Crippen LogP contribution in [-0.4, -0.2) is 34.0 Å². The fraction of sp³-hybridized carbons (Fsp3) is 0.294. The topological polar surface area (TPSA) is 65.1 Å². The van der Waals surface area contributed by atoms with Crippen molar-refractivity contribution in [2.75, 3.05) is 19.5 Å². The minimum Gasteiger partial charge on any atom is -0.491 e. The van der Waals surface area contributed by atoms with Crippen molar-refractivity contribution < 1.29 is 22.6 Å². The largest absolute Gasteiger partial charge is 0.491 e. The normalized spacial score (nSPS) is 16.8. The first kappa shape index (κ1) is 15.8. The van der Waals surface area contributed by atoms with E-state index in [2.05, 4.69) is 0 Å². The molecule has 23 heavy (non-hydrogen) atoms. The Bertz CT molecular complexity index is 767.